The van der Waals surface area contributed by atoms with Crippen LogP contribution >= 0.6 is 23.4 Å². The second-order valence-electron chi connectivity index (χ2n) is 5.17. The lowest BCUT2D eigenvalue weighted by Crippen LogP contribution is -2.22. The van der Waals surface area contributed by atoms with Crippen molar-refractivity contribution in [2.24, 2.45) is 0 Å². The first kappa shape index (κ1) is 15.4. The molecule has 0 aliphatic heterocycles. The summed E-state index contributed by atoms with van der Waals surface area (Å²) in [4.78, 5) is 2.46. The summed E-state index contributed by atoms with van der Waals surface area (Å²) in [7, 11) is 0. The van der Waals surface area contributed by atoms with Crippen LogP contribution in [0.1, 0.15) is 25.0 Å². The van der Waals surface area contributed by atoms with E-state index in [9.17, 15) is 0 Å². The van der Waals surface area contributed by atoms with Crippen LogP contribution in [0.4, 0.5) is 0 Å². The van der Waals surface area contributed by atoms with Crippen LogP contribution in [0, 0.1) is 6.92 Å². The Kier molecular flexibility index (Phi) is 5.53. The predicted octanol–water partition coefficient (Wildman–Crippen LogP) is 5.30. The maximum absolute atomic E-state index is 6.35. The Morgan fingerprint density at radius 1 is 1.10 bits per heavy atom. The van der Waals surface area contributed by atoms with Crippen molar-refractivity contribution in [3.05, 3.63) is 58.6 Å². The van der Waals surface area contributed by atoms with Crippen LogP contribution in [-0.4, -0.2) is 6.04 Å². The lowest BCUT2D eigenvalue weighted by molar-refractivity contribution is 0.585. The maximum Gasteiger partial charge on any atom is 0.0462 e. The van der Waals surface area contributed by atoms with Crippen LogP contribution in [0.3, 0.4) is 0 Å². The van der Waals surface area contributed by atoms with Gasteiger partial charge in [-0.25, -0.2) is 0 Å². The molecule has 2 rings (SSSR count). The minimum absolute atomic E-state index is 0.448. The van der Waals surface area contributed by atoms with Gasteiger partial charge < -0.3 is 5.32 Å². The van der Waals surface area contributed by atoms with Gasteiger partial charge in [-0.15, -0.1) is 0 Å². The normalized spacial score (nSPS) is 11.1. The molecule has 3 heteroatoms. The van der Waals surface area contributed by atoms with Crippen molar-refractivity contribution in [3.63, 3.8) is 0 Å². The number of nitrogens with one attached hydrogen (secondary N) is 1. The second kappa shape index (κ2) is 7.16. The van der Waals surface area contributed by atoms with E-state index in [1.807, 2.05) is 12.1 Å². The first-order valence-electron chi connectivity index (χ1n) is 6.81. The molecular weight excluding hydrogens is 286 g/mol. The third-order valence-corrected chi connectivity index (χ3v) is 4.48. The highest BCUT2D eigenvalue weighted by atomic mass is 35.5. The molecule has 0 spiro atoms. The van der Waals surface area contributed by atoms with E-state index >= 15 is 0 Å². The lowest BCUT2D eigenvalue weighted by Gasteiger charge is -2.14. The molecule has 0 saturated heterocycles. The Hall–Kier alpha value is -0.960. The van der Waals surface area contributed by atoms with Crippen LogP contribution in [-0.2, 0) is 6.54 Å². The molecule has 0 atom stereocenters. The van der Waals surface area contributed by atoms with Gasteiger partial charge in [-0.3, -0.25) is 0 Å². The van der Waals surface area contributed by atoms with Crippen molar-refractivity contribution < 1.29 is 0 Å². The molecule has 1 N–H and O–H groups in total. The molecule has 2 aromatic carbocycles. The van der Waals surface area contributed by atoms with Crippen molar-refractivity contribution in [2.45, 2.75) is 43.1 Å². The van der Waals surface area contributed by atoms with Gasteiger partial charge in [-0.2, -0.15) is 0 Å². The van der Waals surface area contributed by atoms with Crippen LogP contribution in [0.25, 0.3) is 0 Å². The van der Waals surface area contributed by atoms with Crippen LogP contribution in [0.15, 0.2) is 52.3 Å². The standard InChI is InChI=1S/C17H20ClNS/c1-12(2)19-11-15-16(18)5-4-6-17(15)20-14-9-7-13(3)8-10-14/h4-10,12,19H,11H2,1-3H3. The van der Waals surface area contributed by atoms with Gasteiger partial charge in [0, 0.05) is 27.4 Å². The number of hydrogen-bond acceptors (Lipinski definition) is 2. The number of halogens is 1. The molecule has 0 amide bonds. The van der Waals surface area contributed by atoms with E-state index < -0.39 is 0 Å². The maximum atomic E-state index is 6.35. The highest BCUT2D eigenvalue weighted by molar-refractivity contribution is 7.99. The number of hydrogen-bond donors (Lipinski definition) is 1. The van der Waals surface area contributed by atoms with Crippen molar-refractivity contribution >= 4 is 23.4 Å². The highest BCUT2D eigenvalue weighted by Crippen LogP contribution is 2.33. The van der Waals surface area contributed by atoms with Gasteiger partial charge in [-0.05, 0) is 36.8 Å². The van der Waals surface area contributed by atoms with Gasteiger partial charge in [0.25, 0.3) is 0 Å². The minimum atomic E-state index is 0.448. The molecule has 0 saturated carbocycles. The summed E-state index contributed by atoms with van der Waals surface area (Å²) in [5.41, 5.74) is 2.45. The minimum Gasteiger partial charge on any atom is -0.310 e. The van der Waals surface area contributed by atoms with E-state index in [4.69, 9.17) is 11.6 Å². The van der Waals surface area contributed by atoms with Gasteiger partial charge in [0.15, 0.2) is 0 Å². The summed E-state index contributed by atoms with van der Waals surface area (Å²) in [6.45, 7) is 7.19. The molecule has 0 radical (unpaired) electrons. The van der Waals surface area contributed by atoms with Crippen molar-refractivity contribution in [1.82, 2.24) is 5.32 Å². The second-order valence-corrected chi connectivity index (χ2v) is 6.69. The molecule has 2 aromatic rings. The fourth-order valence-corrected chi connectivity index (χ4v) is 3.12. The van der Waals surface area contributed by atoms with E-state index in [2.05, 4.69) is 56.4 Å². The summed E-state index contributed by atoms with van der Waals surface area (Å²) in [5, 5.41) is 4.27. The predicted molar refractivity (Wildman–Crippen MR) is 88.7 cm³/mol. The van der Waals surface area contributed by atoms with Gasteiger partial charge in [-0.1, -0.05) is 61.0 Å². The molecular formula is C17H20ClNS. The summed E-state index contributed by atoms with van der Waals surface area (Å²) < 4.78 is 0. The number of benzene rings is 2. The van der Waals surface area contributed by atoms with E-state index in [0.717, 1.165) is 11.6 Å². The molecule has 1 nitrogen and oxygen atoms in total. The van der Waals surface area contributed by atoms with E-state index in [-0.39, 0.29) is 0 Å². The fourth-order valence-electron chi connectivity index (χ4n) is 1.85. The number of aryl methyl sites for hydroxylation is 1. The van der Waals surface area contributed by atoms with Gasteiger partial charge in [0.2, 0.25) is 0 Å². The van der Waals surface area contributed by atoms with Gasteiger partial charge in [0.05, 0.1) is 0 Å². The lowest BCUT2D eigenvalue weighted by atomic mass is 10.2. The summed E-state index contributed by atoms with van der Waals surface area (Å²) >= 11 is 8.12. The van der Waals surface area contributed by atoms with Gasteiger partial charge >= 0.3 is 0 Å². The molecule has 0 aliphatic rings. The Morgan fingerprint density at radius 3 is 2.45 bits per heavy atom. The Labute approximate surface area is 130 Å². The quantitative estimate of drug-likeness (QED) is 0.804. The molecule has 0 bridgehead atoms. The SMILES string of the molecule is Cc1ccc(Sc2cccc(Cl)c2CNC(C)C)cc1. The zero-order chi connectivity index (χ0) is 14.5. The molecule has 0 fully saturated rings. The summed E-state index contributed by atoms with van der Waals surface area (Å²) in [6.07, 6.45) is 0. The van der Waals surface area contributed by atoms with Crippen molar-refractivity contribution in [3.8, 4) is 0 Å². The first-order chi connectivity index (χ1) is 9.56. The van der Waals surface area contributed by atoms with E-state index in [1.54, 1.807) is 11.8 Å². The zero-order valence-electron chi connectivity index (χ0n) is 12.1. The molecule has 0 aromatic heterocycles. The fraction of sp³-hybridized carbons (Fsp3) is 0.294. The monoisotopic (exact) mass is 305 g/mol. The molecule has 20 heavy (non-hydrogen) atoms. The van der Waals surface area contributed by atoms with Crippen molar-refractivity contribution in [1.29, 1.82) is 0 Å². The summed E-state index contributed by atoms with van der Waals surface area (Å²) in [5.74, 6) is 0. The van der Waals surface area contributed by atoms with Gasteiger partial charge in [0.1, 0.15) is 0 Å². The topological polar surface area (TPSA) is 12.0 Å². The average Bonchev–Trinajstić information content (AvgIpc) is 2.40. The smallest absolute Gasteiger partial charge is 0.0462 e. The van der Waals surface area contributed by atoms with E-state index in [0.29, 0.717) is 6.04 Å². The Bertz CT molecular complexity index is 564. The zero-order valence-corrected chi connectivity index (χ0v) is 13.7. The largest absolute Gasteiger partial charge is 0.310 e. The van der Waals surface area contributed by atoms with Crippen molar-refractivity contribution in [2.75, 3.05) is 0 Å². The molecule has 0 aliphatic carbocycles. The third-order valence-electron chi connectivity index (χ3n) is 3.01. The van der Waals surface area contributed by atoms with Crippen LogP contribution in [0.2, 0.25) is 5.02 Å². The Morgan fingerprint density at radius 2 is 1.80 bits per heavy atom. The number of rotatable bonds is 5. The van der Waals surface area contributed by atoms with Crippen LogP contribution < -0.4 is 5.32 Å². The summed E-state index contributed by atoms with van der Waals surface area (Å²) in [6, 6.07) is 15.1. The van der Waals surface area contributed by atoms with Crippen LogP contribution in [0.5, 0.6) is 0 Å². The Balaban J connectivity index is 2.22. The third kappa shape index (κ3) is 4.27. The molecule has 0 unspecified atom stereocenters. The molecule has 0 heterocycles. The highest BCUT2D eigenvalue weighted by Gasteiger charge is 2.09. The average molecular weight is 306 g/mol. The first-order valence-corrected chi connectivity index (χ1v) is 8.01. The molecule has 106 valence electrons. The van der Waals surface area contributed by atoms with E-state index in [1.165, 1.54) is 20.9 Å².